The maximum absolute atomic E-state index is 6.30. The zero-order chi connectivity index (χ0) is 32.3. The van der Waals surface area contributed by atoms with Crippen molar-refractivity contribution in [3.63, 3.8) is 0 Å². The first-order valence-corrected chi connectivity index (χ1v) is 16.5. The first-order chi connectivity index (χ1) is 24.3. The van der Waals surface area contributed by atoms with Crippen LogP contribution >= 0.6 is 0 Å². The molecule has 0 aliphatic rings. The van der Waals surface area contributed by atoms with Crippen LogP contribution in [-0.4, -0.2) is 9.55 Å². The van der Waals surface area contributed by atoms with Crippen molar-refractivity contribution in [3.05, 3.63) is 176 Å². The molecule has 10 aromatic rings. The first-order valence-electron chi connectivity index (χ1n) is 16.5. The van der Waals surface area contributed by atoms with Gasteiger partial charge in [0.15, 0.2) is 5.58 Å². The van der Waals surface area contributed by atoms with E-state index in [9.17, 15) is 0 Å². The van der Waals surface area contributed by atoms with E-state index in [0.717, 1.165) is 50.2 Å². The molecule has 0 aliphatic carbocycles. The number of anilines is 3. The van der Waals surface area contributed by atoms with E-state index in [0.29, 0.717) is 0 Å². The molecule has 3 aromatic heterocycles. The van der Waals surface area contributed by atoms with Crippen molar-refractivity contribution in [1.82, 2.24) is 9.55 Å². The third-order valence-electron chi connectivity index (χ3n) is 9.60. The third-order valence-corrected chi connectivity index (χ3v) is 9.60. The van der Waals surface area contributed by atoms with Gasteiger partial charge in [-0.2, -0.15) is 0 Å². The molecule has 0 saturated heterocycles. The summed E-state index contributed by atoms with van der Waals surface area (Å²) in [4.78, 5) is 7.20. The van der Waals surface area contributed by atoms with Crippen LogP contribution in [0.2, 0.25) is 0 Å². The second kappa shape index (κ2) is 11.0. The maximum atomic E-state index is 6.30. The second-order valence-corrected chi connectivity index (χ2v) is 12.5. The molecule has 3 heterocycles. The fourth-order valence-electron chi connectivity index (χ4n) is 7.29. The Morgan fingerprint density at radius 3 is 1.86 bits per heavy atom. The summed E-state index contributed by atoms with van der Waals surface area (Å²) >= 11 is 0. The Labute approximate surface area is 282 Å². The molecule has 4 heteroatoms. The van der Waals surface area contributed by atoms with Crippen LogP contribution in [0.3, 0.4) is 0 Å². The van der Waals surface area contributed by atoms with E-state index in [1.165, 1.54) is 38.3 Å². The molecule has 0 unspecified atom stereocenters. The van der Waals surface area contributed by atoms with Crippen LogP contribution < -0.4 is 4.90 Å². The van der Waals surface area contributed by atoms with Gasteiger partial charge in [-0.1, -0.05) is 103 Å². The standard InChI is InChI=1S/C45H29N3O/c1-2-10-30(11-3-1)31-18-22-34(23-19-31)47(37-28-44-45(46-29-37)40-14-6-9-17-43(40)49-44)35-24-20-32-21-25-36(27-33(32)26-35)48-41-15-7-4-12-38(41)39-13-5-8-16-42(39)48/h1-29H. The Bertz CT molecular complexity index is 2780. The van der Waals surface area contributed by atoms with E-state index in [1.807, 2.05) is 30.5 Å². The van der Waals surface area contributed by atoms with Crippen LogP contribution in [0, 0.1) is 0 Å². The Balaban J connectivity index is 1.15. The minimum atomic E-state index is 0.763. The minimum absolute atomic E-state index is 0.763. The van der Waals surface area contributed by atoms with Gasteiger partial charge in [0.1, 0.15) is 11.1 Å². The van der Waals surface area contributed by atoms with E-state index in [1.54, 1.807) is 0 Å². The Hall–Kier alpha value is -6.65. The highest BCUT2D eigenvalue weighted by molar-refractivity contribution is 6.09. The van der Waals surface area contributed by atoms with Gasteiger partial charge in [0, 0.05) is 39.3 Å². The zero-order valence-corrected chi connectivity index (χ0v) is 26.5. The van der Waals surface area contributed by atoms with Crippen LogP contribution in [0.4, 0.5) is 17.1 Å². The number of hydrogen-bond acceptors (Lipinski definition) is 3. The Kier molecular flexibility index (Phi) is 6.15. The first kappa shape index (κ1) is 27.5. The van der Waals surface area contributed by atoms with Crippen LogP contribution in [0.25, 0.3) is 71.5 Å². The number of fused-ring (bicyclic) bond motifs is 7. The van der Waals surface area contributed by atoms with E-state index in [-0.39, 0.29) is 0 Å². The molecule has 0 spiro atoms. The number of rotatable bonds is 5. The molecule has 49 heavy (non-hydrogen) atoms. The van der Waals surface area contributed by atoms with Crippen molar-refractivity contribution >= 4 is 71.7 Å². The van der Waals surface area contributed by atoms with Crippen LogP contribution in [0.1, 0.15) is 0 Å². The number of pyridine rings is 1. The molecule has 0 bridgehead atoms. The largest absolute Gasteiger partial charge is 0.454 e. The number of aromatic nitrogens is 2. The predicted molar refractivity (Wildman–Crippen MR) is 203 cm³/mol. The molecular formula is C45H29N3O. The summed E-state index contributed by atoms with van der Waals surface area (Å²) in [7, 11) is 0. The summed E-state index contributed by atoms with van der Waals surface area (Å²) in [6.45, 7) is 0. The topological polar surface area (TPSA) is 34.2 Å². The zero-order valence-electron chi connectivity index (χ0n) is 26.5. The van der Waals surface area contributed by atoms with Gasteiger partial charge in [0.05, 0.1) is 22.9 Å². The van der Waals surface area contributed by atoms with Crippen LogP contribution in [0.15, 0.2) is 180 Å². The predicted octanol–water partition coefficient (Wildman–Crippen LogP) is 12.4. The van der Waals surface area contributed by atoms with Gasteiger partial charge in [0.25, 0.3) is 0 Å². The normalized spacial score (nSPS) is 11.7. The quantitative estimate of drug-likeness (QED) is 0.190. The van der Waals surface area contributed by atoms with E-state index in [4.69, 9.17) is 9.40 Å². The van der Waals surface area contributed by atoms with Crippen molar-refractivity contribution in [2.45, 2.75) is 0 Å². The van der Waals surface area contributed by atoms with Gasteiger partial charge in [-0.3, -0.25) is 0 Å². The highest BCUT2D eigenvalue weighted by atomic mass is 16.3. The van der Waals surface area contributed by atoms with Gasteiger partial charge in [-0.25, -0.2) is 4.98 Å². The Morgan fingerprint density at radius 2 is 1.08 bits per heavy atom. The van der Waals surface area contributed by atoms with Gasteiger partial charge in [-0.05, 0) is 82.6 Å². The van der Waals surface area contributed by atoms with Crippen LogP contribution in [-0.2, 0) is 0 Å². The molecule has 0 aliphatic heterocycles. The minimum Gasteiger partial charge on any atom is -0.454 e. The number of furan rings is 1. The molecule has 0 N–H and O–H groups in total. The van der Waals surface area contributed by atoms with Gasteiger partial charge in [-0.15, -0.1) is 0 Å². The molecule has 230 valence electrons. The lowest BCUT2D eigenvalue weighted by molar-refractivity contribution is 0.668. The molecule has 0 atom stereocenters. The monoisotopic (exact) mass is 627 g/mol. The maximum Gasteiger partial charge on any atom is 0.155 e. The molecule has 0 saturated carbocycles. The molecule has 10 rings (SSSR count). The Morgan fingerprint density at radius 1 is 0.449 bits per heavy atom. The number of nitrogens with zero attached hydrogens (tertiary/aromatic N) is 3. The third kappa shape index (κ3) is 4.49. The molecule has 0 radical (unpaired) electrons. The summed E-state index contributed by atoms with van der Waals surface area (Å²) in [5, 5.41) is 5.86. The highest BCUT2D eigenvalue weighted by Gasteiger charge is 2.18. The average molecular weight is 628 g/mol. The van der Waals surface area contributed by atoms with Gasteiger partial charge < -0.3 is 13.9 Å². The molecule has 7 aromatic carbocycles. The molecule has 0 fully saturated rings. The highest BCUT2D eigenvalue weighted by Crippen LogP contribution is 2.40. The summed E-state index contributed by atoms with van der Waals surface area (Å²) in [6, 6.07) is 60.1. The van der Waals surface area contributed by atoms with Crippen molar-refractivity contribution in [1.29, 1.82) is 0 Å². The lowest BCUT2D eigenvalue weighted by atomic mass is 10.0. The fourth-order valence-corrected chi connectivity index (χ4v) is 7.29. The lowest BCUT2D eigenvalue weighted by Gasteiger charge is -2.25. The number of benzene rings is 7. The molecular weight excluding hydrogens is 599 g/mol. The summed E-state index contributed by atoms with van der Waals surface area (Å²) < 4.78 is 8.67. The van der Waals surface area contributed by atoms with E-state index < -0.39 is 0 Å². The van der Waals surface area contributed by atoms with Gasteiger partial charge >= 0.3 is 0 Å². The van der Waals surface area contributed by atoms with E-state index in [2.05, 4.69) is 155 Å². The summed E-state index contributed by atoms with van der Waals surface area (Å²) in [5.41, 5.74) is 11.4. The number of hydrogen-bond donors (Lipinski definition) is 0. The molecule has 4 nitrogen and oxygen atoms in total. The van der Waals surface area contributed by atoms with Crippen molar-refractivity contribution in [2.75, 3.05) is 4.90 Å². The van der Waals surface area contributed by atoms with Crippen molar-refractivity contribution in [3.8, 4) is 16.8 Å². The van der Waals surface area contributed by atoms with Crippen molar-refractivity contribution in [2.24, 2.45) is 0 Å². The second-order valence-electron chi connectivity index (χ2n) is 12.5. The van der Waals surface area contributed by atoms with Gasteiger partial charge in [0.2, 0.25) is 0 Å². The SMILES string of the molecule is c1ccc(-c2ccc(N(c3ccc4ccc(-n5c6ccccc6c6ccccc65)cc4c3)c3cnc4c(c3)oc3ccccc34)cc2)cc1. The van der Waals surface area contributed by atoms with Crippen molar-refractivity contribution < 1.29 is 4.42 Å². The summed E-state index contributed by atoms with van der Waals surface area (Å²) in [5.74, 6) is 0. The number of para-hydroxylation sites is 3. The van der Waals surface area contributed by atoms with Crippen LogP contribution in [0.5, 0.6) is 0 Å². The molecule has 0 amide bonds. The smallest absolute Gasteiger partial charge is 0.155 e. The average Bonchev–Trinajstić information content (AvgIpc) is 3.71. The fraction of sp³-hybridized carbons (Fsp3) is 0. The summed E-state index contributed by atoms with van der Waals surface area (Å²) in [6.07, 6.45) is 1.95. The van der Waals surface area contributed by atoms with E-state index >= 15 is 0 Å². The lowest BCUT2D eigenvalue weighted by Crippen LogP contribution is -2.10.